The van der Waals surface area contributed by atoms with Crippen molar-refractivity contribution < 1.29 is 4.79 Å². The molecule has 0 aliphatic carbocycles. The number of carbonyl (C=O) groups excluding carboxylic acids is 1. The highest BCUT2D eigenvalue weighted by Gasteiger charge is 2.14. The van der Waals surface area contributed by atoms with Gasteiger partial charge in [-0.05, 0) is 32.7 Å². The zero-order valence-electron chi connectivity index (χ0n) is 10.4. The summed E-state index contributed by atoms with van der Waals surface area (Å²) in [6, 6.07) is 0.561. The van der Waals surface area contributed by atoms with Gasteiger partial charge in [0, 0.05) is 23.5 Å². The highest BCUT2D eigenvalue weighted by molar-refractivity contribution is 7.09. The molecule has 0 bridgehead atoms. The van der Waals surface area contributed by atoms with Crippen molar-refractivity contribution in [1.82, 2.24) is 10.3 Å². The van der Waals surface area contributed by atoms with Crippen LogP contribution in [0.25, 0.3) is 0 Å². The summed E-state index contributed by atoms with van der Waals surface area (Å²) >= 11 is 1.59. The normalized spacial score (nSPS) is 20.4. The van der Waals surface area contributed by atoms with Crippen LogP contribution in [0.15, 0.2) is 5.38 Å². The lowest BCUT2D eigenvalue weighted by Gasteiger charge is -2.22. The highest BCUT2D eigenvalue weighted by Crippen LogP contribution is 2.14. The number of aromatic nitrogens is 1. The third-order valence-electron chi connectivity index (χ3n) is 3.20. The minimum Gasteiger partial charge on any atom is -0.314 e. The molecular formula is C13H20N2OS. The van der Waals surface area contributed by atoms with E-state index in [0.717, 1.165) is 23.7 Å². The lowest BCUT2D eigenvalue weighted by Crippen LogP contribution is -2.34. The van der Waals surface area contributed by atoms with E-state index in [1.807, 2.05) is 12.3 Å². The van der Waals surface area contributed by atoms with Crippen LogP contribution < -0.4 is 5.32 Å². The predicted octanol–water partition coefficient (Wildman–Crippen LogP) is 2.49. The number of piperidine rings is 1. The van der Waals surface area contributed by atoms with Crippen LogP contribution >= 0.6 is 11.3 Å². The number of carbonyl (C=O) groups is 1. The molecule has 2 rings (SSSR count). The van der Waals surface area contributed by atoms with Crippen LogP contribution in [0.3, 0.4) is 0 Å². The number of aryl methyl sites for hydroxylation is 1. The number of nitrogens with one attached hydrogen (secondary N) is 1. The van der Waals surface area contributed by atoms with Gasteiger partial charge in [-0.25, -0.2) is 4.98 Å². The van der Waals surface area contributed by atoms with Crippen LogP contribution in [-0.4, -0.2) is 23.4 Å². The predicted molar refractivity (Wildman–Crippen MR) is 70.4 cm³/mol. The first kappa shape index (κ1) is 12.7. The summed E-state index contributed by atoms with van der Waals surface area (Å²) in [6.07, 6.45) is 6.01. The van der Waals surface area contributed by atoms with Crippen molar-refractivity contribution in [2.24, 2.45) is 0 Å². The lowest BCUT2D eigenvalue weighted by atomic mass is 9.99. The second kappa shape index (κ2) is 6.26. The third kappa shape index (κ3) is 4.21. The van der Waals surface area contributed by atoms with Crippen molar-refractivity contribution in [2.75, 3.05) is 6.54 Å². The first-order chi connectivity index (χ1) is 8.24. The molecule has 1 unspecified atom stereocenters. The quantitative estimate of drug-likeness (QED) is 0.875. The van der Waals surface area contributed by atoms with Crippen LogP contribution in [0.5, 0.6) is 0 Å². The summed E-state index contributed by atoms with van der Waals surface area (Å²) < 4.78 is 0. The number of ketones is 1. The van der Waals surface area contributed by atoms with Crippen molar-refractivity contribution in [1.29, 1.82) is 0 Å². The Kier molecular flexibility index (Phi) is 4.68. The van der Waals surface area contributed by atoms with Crippen LogP contribution in [0.1, 0.15) is 42.8 Å². The van der Waals surface area contributed by atoms with E-state index in [-0.39, 0.29) is 0 Å². The number of rotatable bonds is 5. The molecule has 0 amide bonds. The Morgan fingerprint density at radius 1 is 1.59 bits per heavy atom. The minimum absolute atomic E-state index is 0.326. The molecule has 4 heteroatoms. The molecule has 0 radical (unpaired) electrons. The van der Waals surface area contributed by atoms with E-state index in [1.165, 1.54) is 19.3 Å². The Balaban J connectivity index is 1.70. The summed E-state index contributed by atoms with van der Waals surface area (Å²) in [7, 11) is 0. The molecule has 1 aromatic heterocycles. The van der Waals surface area contributed by atoms with Gasteiger partial charge in [0.15, 0.2) is 0 Å². The monoisotopic (exact) mass is 252 g/mol. The van der Waals surface area contributed by atoms with Crippen LogP contribution in [0, 0.1) is 6.92 Å². The average molecular weight is 252 g/mol. The zero-order valence-corrected chi connectivity index (χ0v) is 11.2. The van der Waals surface area contributed by atoms with Crippen molar-refractivity contribution in [3.05, 3.63) is 16.1 Å². The Labute approximate surface area is 107 Å². The first-order valence-corrected chi connectivity index (χ1v) is 7.28. The maximum Gasteiger partial charge on any atom is 0.139 e. The maximum absolute atomic E-state index is 11.8. The summed E-state index contributed by atoms with van der Waals surface area (Å²) in [6.45, 7) is 3.08. The molecule has 1 aliphatic rings. The fourth-order valence-corrected chi connectivity index (χ4v) is 3.05. The van der Waals surface area contributed by atoms with E-state index in [1.54, 1.807) is 11.3 Å². The maximum atomic E-state index is 11.8. The molecule has 1 N–H and O–H groups in total. The summed E-state index contributed by atoms with van der Waals surface area (Å²) in [4.78, 5) is 16.1. The Bertz CT molecular complexity index is 369. The lowest BCUT2D eigenvalue weighted by molar-refractivity contribution is -0.118. The molecule has 1 saturated heterocycles. The van der Waals surface area contributed by atoms with Crippen molar-refractivity contribution >= 4 is 17.1 Å². The fraction of sp³-hybridized carbons (Fsp3) is 0.692. The van der Waals surface area contributed by atoms with Crippen LogP contribution in [0.2, 0.25) is 0 Å². The van der Waals surface area contributed by atoms with E-state index in [4.69, 9.17) is 0 Å². The molecule has 94 valence electrons. The van der Waals surface area contributed by atoms with E-state index >= 15 is 0 Å². The average Bonchev–Trinajstić information content (AvgIpc) is 2.73. The van der Waals surface area contributed by atoms with Crippen molar-refractivity contribution in [3.63, 3.8) is 0 Å². The number of hydrogen-bond acceptors (Lipinski definition) is 4. The number of hydrogen-bond donors (Lipinski definition) is 1. The Morgan fingerprint density at radius 3 is 3.12 bits per heavy atom. The topological polar surface area (TPSA) is 42.0 Å². The smallest absolute Gasteiger partial charge is 0.139 e. The largest absolute Gasteiger partial charge is 0.314 e. The number of Topliss-reactive ketones (excluding diaryl/α,β-unsaturated/α-hetero) is 1. The first-order valence-electron chi connectivity index (χ1n) is 6.40. The van der Waals surface area contributed by atoms with Crippen LogP contribution in [-0.2, 0) is 11.2 Å². The van der Waals surface area contributed by atoms with Gasteiger partial charge in [-0.1, -0.05) is 6.42 Å². The summed E-state index contributed by atoms with van der Waals surface area (Å²) in [5, 5.41) is 6.44. The molecule has 1 fully saturated rings. The Morgan fingerprint density at radius 2 is 2.47 bits per heavy atom. The highest BCUT2D eigenvalue weighted by atomic mass is 32.1. The second-order valence-electron chi connectivity index (χ2n) is 4.78. The van der Waals surface area contributed by atoms with Gasteiger partial charge in [0.25, 0.3) is 0 Å². The molecule has 0 aromatic carbocycles. The molecule has 1 atom stereocenters. The van der Waals surface area contributed by atoms with E-state index in [2.05, 4.69) is 10.3 Å². The van der Waals surface area contributed by atoms with Crippen molar-refractivity contribution in [2.45, 2.75) is 51.5 Å². The van der Waals surface area contributed by atoms with Gasteiger partial charge in [-0.2, -0.15) is 0 Å². The Hall–Kier alpha value is -0.740. The van der Waals surface area contributed by atoms with E-state index in [9.17, 15) is 4.79 Å². The molecule has 1 aromatic rings. The fourth-order valence-electron chi connectivity index (χ4n) is 2.25. The van der Waals surface area contributed by atoms with Crippen molar-refractivity contribution in [3.8, 4) is 0 Å². The van der Waals surface area contributed by atoms with Gasteiger partial charge in [-0.3, -0.25) is 4.79 Å². The van der Waals surface area contributed by atoms with Gasteiger partial charge >= 0.3 is 0 Å². The second-order valence-corrected chi connectivity index (χ2v) is 5.73. The summed E-state index contributed by atoms with van der Waals surface area (Å²) in [5.74, 6) is 0.326. The molecule has 3 nitrogen and oxygen atoms in total. The van der Waals surface area contributed by atoms with E-state index < -0.39 is 0 Å². The molecule has 2 heterocycles. The SMILES string of the molecule is Cc1csc(CC(=O)CCC2CCCCN2)n1. The van der Waals surface area contributed by atoms with Gasteiger partial charge in [0.1, 0.15) is 10.8 Å². The molecular weight excluding hydrogens is 232 g/mol. The molecule has 0 spiro atoms. The minimum atomic E-state index is 0.326. The van der Waals surface area contributed by atoms with Crippen LogP contribution in [0.4, 0.5) is 0 Å². The zero-order chi connectivity index (χ0) is 12.1. The van der Waals surface area contributed by atoms with Gasteiger partial charge in [0.2, 0.25) is 0 Å². The summed E-state index contributed by atoms with van der Waals surface area (Å²) in [5.41, 5.74) is 1.02. The molecule has 1 aliphatic heterocycles. The number of nitrogens with zero attached hydrogens (tertiary/aromatic N) is 1. The van der Waals surface area contributed by atoms with Gasteiger partial charge in [0.05, 0.1) is 6.42 Å². The number of thiazole rings is 1. The van der Waals surface area contributed by atoms with E-state index in [0.29, 0.717) is 24.7 Å². The standard InChI is InChI=1S/C13H20N2OS/c1-10-9-17-13(15-10)8-12(16)6-5-11-4-2-3-7-14-11/h9,11,14H,2-8H2,1H3. The van der Waals surface area contributed by atoms with Gasteiger partial charge in [-0.15, -0.1) is 11.3 Å². The third-order valence-corrected chi connectivity index (χ3v) is 4.17. The molecule has 0 saturated carbocycles. The molecule has 17 heavy (non-hydrogen) atoms. The van der Waals surface area contributed by atoms with Gasteiger partial charge < -0.3 is 5.32 Å².